The van der Waals surface area contributed by atoms with Crippen LogP contribution in [0.3, 0.4) is 0 Å². The van der Waals surface area contributed by atoms with Gasteiger partial charge in [-0.2, -0.15) is 15.0 Å². The smallest absolute Gasteiger partial charge is 0.250 e. The molecule has 4 atom stereocenters. The number of anilines is 3. The molecule has 0 bridgehead atoms. The van der Waals surface area contributed by atoms with Crippen LogP contribution in [0.4, 0.5) is 17.8 Å². The van der Waals surface area contributed by atoms with Gasteiger partial charge in [-0.15, -0.1) is 16.6 Å². The average Bonchev–Trinajstić information content (AvgIpc) is 3.99. The molecule has 8 N–H and O–H groups in total. The lowest BCUT2D eigenvalue weighted by Crippen LogP contribution is -2.53. The number of aromatic nitrogens is 9. The van der Waals surface area contributed by atoms with E-state index in [1.807, 2.05) is 16.0 Å². The number of hydrogen-bond donors (Lipinski definition) is 5. The van der Waals surface area contributed by atoms with Crippen LogP contribution < -0.4 is 32.3 Å². The molecule has 2 saturated heterocycles. The lowest BCUT2D eigenvalue weighted by atomic mass is 9.97. The summed E-state index contributed by atoms with van der Waals surface area (Å²) in [5.74, 6) is 3.53. The van der Waals surface area contributed by atoms with E-state index in [0.717, 1.165) is 30.7 Å². The first-order valence-electron chi connectivity index (χ1n) is 23.0. The van der Waals surface area contributed by atoms with Gasteiger partial charge in [0.05, 0.1) is 50.5 Å². The zero-order chi connectivity index (χ0) is 47.3. The number of carbonyl (C=O) groups is 2. The van der Waals surface area contributed by atoms with E-state index in [1.54, 1.807) is 22.7 Å². The van der Waals surface area contributed by atoms with Crippen LogP contribution in [0, 0.1) is 18.3 Å². The topological polar surface area (TPSA) is 298 Å². The maximum Gasteiger partial charge on any atom is 0.250 e. The summed E-state index contributed by atoms with van der Waals surface area (Å²) in [6.45, 7) is 13.0. The van der Waals surface area contributed by atoms with Crippen molar-refractivity contribution in [2.24, 2.45) is 28.1 Å². The Labute approximate surface area is 387 Å². The molecule has 2 aliphatic heterocycles. The van der Waals surface area contributed by atoms with Gasteiger partial charge in [-0.1, -0.05) is 36.6 Å². The third-order valence-electron chi connectivity index (χ3n) is 11.4. The summed E-state index contributed by atoms with van der Waals surface area (Å²) < 4.78 is 19.7. The van der Waals surface area contributed by atoms with Crippen molar-refractivity contribution >= 4 is 35.6 Å². The molecule has 0 spiro atoms. The fourth-order valence-corrected chi connectivity index (χ4v) is 7.58. The minimum atomic E-state index is -0.991. The van der Waals surface area contributed by atoms with Crippen molar-refractivity contribution in [3.8, 4) is 12.3 Å². The SMILES string of the molecule is C#CCOCCOCCOCCNc1nc(N2CCN(C(=O)[C@H]([C@@H](C)O)n3cc(CCCCN)nn3)CC2)nc(N2CCN(C(=O)[C@H]([C@@H](C)CC)n3cc(CCCN=C(N)N)nn3)CC2)n1. The van der Waals surface area contributed by atoms with E-state index >= 15 is 0 Å². The van der Waals surface area contributed by atoms with Crippen LogP contribution in [0.5, 0.6) is 0 Å². The van der Waals surface area contributed by atoms with Crippen molar-refractivity contribution in [2.75, 3.05) is 127 Å². The Morgan fingerprint density at radius 1 is 0.788 bits per heavy atom. The van der Waals surface area contributed by atoms with E-state index in [2.05, 4.69) is 55.6 Å². The molecule has 66 heavy (non-hydrogen) atoms. The number of hydrogen-bond acceptors (Lipinski definition) is 18. The Balaban J connectivity index is 1.23. The van der Waals surface area contributed by atoms with Crippen LogP contribution in [-0.2, 0) is 36.6 Å². The van der Waals surface area contributed by atoms with Crippen molar-refractivity contribution in [1.29, 1.82) is 0 Å². The fourth-order valence-electron chi connectivity index (χ4n) is 7.58. The Bertz CT molecular complexity index is 1990. The van der Waals surface area contributed by atoms with E-state index in [0.29, 0.717) is 142 Å². The molecule has 3 aromatic heterocycles. The number of guanidine groups is 1. The first-order chi connectivity index (χ1) is 32.0. The van der Waals surface area contributed by atoms with E-state index in [1.165, 1.54) is 4.68 Å². The molecule has 3 aromatic rings. The number of aliphatic hydroxyl groups is 1. The summed E-state index contributed by atoms with van der Waals surface area (Å²) in [5.41, 5.74) is 18.1. The van der Waals surface area contributed by atoms with Crippen molar-refractivity contribution < 1.29 is 28.9 Å². The third-order valence-corrected chi connectivity index (χ3v) is 11.4. The lowest BCUT2D eigenvalue weighted by Gasteiger charge is -2.38. The van der Waals surface area contributed by atoms with Crippen LogP contribution >= 0.6 is 0 Å². The second kappa shape index (κ2) is 27.0. The zero-order valence-corrected chi connectivity index (χ0v) is 38.8. The molecular formula is C42H70N18O6. The molecule has 0 radical (unpaired) electrons. The number of nitrogens with zero attached hydrogens (tertiary/aromatic N) is 14. The number of aryl methyl sites for hydroxylation is 2. The molecule has 0 aromatic carbocycles. The van der Waals surface area contributed by atoms with Gasteiger partial charge in [0, 0.05) is 77.8 Å². The molecular weight excluding hydrogens is 853 g/mol. The van der Waals surface area contributed by atoms with Gasteiger partial charge in [0.15, 0.2) is 12.0 Å². The Kier molecular flexibility index (Phi) is 21.0. The van der Waals surface area contributed by atoms with Gasteiger partial charge in [0.25, 0.3) is 0 Å². The van der Waals surface area contributed by atoms with Crippen LogP contribution in [0.15, 0.2) is 17.4 Å². The Morgan fingerprint density at radius 2 is 1.32 bits per heavy atom. The maximum absolute atomic E-state index is 14.2. The summed E-state index contributed by atoms with van der Waals surface area (Å²) in [7, 11) is 0. The fraction of sp³-hybridized carbons (Fsp3) is 0.714. The van der Waals surface area contributed by atoms with Crippen molar-refractivity contribution in [3.63, 3.8) is 0 Å². The van der Waals surface area contributed by atoms with Gasteiger partial charge < -0.3 is 61.4 Å². The highest BCUT2D eigenvalue weighted by Crippen LogP contribution is 2.26. The summed E-state index contributed by atoms with van der Waals surface area (Å²) in [4.78, 5) is 54.3. The minimum Gasteiger partial charge on any atom is -0.391 e. The normalized spacial score (nSPS) is 16.1. The monoisotopic (exact) mass is 923 g/mol. The van der Waals surface area contributed by atoms with Gasteiger partial charge in [-0.05, 0) is 51.5 Å². The number of rotatable bonds is 28. The van der Waals surface area contributed by atoms with E-state index in [-0.39, 0.29) is 30.3 Å². The highest BCUT2D eigenvalue weighted by Gasteiger charge is 2.35. The summed E-state index contributed by atoms with van der Waals surface area (Å²) in [5, 5.41) is 31.2. The summed E-state index contributed by atoms with van der Waals surface area (Å²) in [6.07, 6.45) is 12.3. The van der Waals surface area contributed by atoms with Crippen LogP contribution in [0.1, 0.15) is 69.9 Å². The molecule has 2 amide bonds. The number of aliphatic hydroxyl groups excluding tert-OH is 1. The first kappa shape index (κ1) is 51.2. The second-order valence-electron chi connectivity index (χ2n) is 16.3. The first-order valence-corrected chi connectivity index (χ1v) is 23.0. The molecule has 5 heterocycles. The number of nitrogens with two attached hydrogens (primary N) is 3. The van der Waals surface area contributed by atoms with Crippen molar-refractivity contribution in [1.82, 2.24) is 54.7 Å². The molecule has 0 unspecified atom stereocenters. The predicted molar refractivity (Wildman–Crippen MR) is 247 cm³/mol. The van der Waals surface area contributed by atoms with Gasteiger partial charge in [-0.25, -0.2) is 9.36 Å². The molecule has 364 valence electrons. The highest BCUT2D eigenvalue weighted by molar-refractivity contribution is 5.81. The molecule has 24 heteroatoms. The molecule has 2 fully saturated rings. The summed E-state index contributed by atoms with van der Waals surface area (Å²) >= 11 is 0. The standard InChI is InChI=1S/C42H70N18O6/c1-5-23-64-25-27-66-28-26-65-24-14-47-40-48-41(57-19-15-55(16-20-57)37(62)35(31(3)6-2)59-29-34(52-53-59)11-9-13-46-39(44)45)50-42(49-40)58-21-17-56(18-22-58)38(63)36(32(4)61)60-30-33(51-54-60)10-7-8-12-43/h1,29-32,35-36,61H,6-28,43H2,2-4H3,(H4,44,45,46)(H,47,48,49,50)/t31-,32+,35-,36-/m0/s1. The highest BCUT2D eigenvalue weighted by atomic mass is 16.5. The molecule has 0 saturated carbocycles. The number of amides is 2. The number of aliphatic imine (C=N–C) groups is 1. The summed E-state index contributed by atoms with van der Waals surface area (Å²) in [6, 6.07) is -1.43. The zero-order valence-electron chi connectivity index (χ0n) is 38.8. The number of carbonyl (C=O) groups excluding carboxylic acids is 2. The van der Waals surface area contributed by atoms with Gasteiger partial charge >= 0.3 is 0 Å². The maximum atomic E-state index is 14.2. The number of piperazine rings is 2. The number of unbranched alkanes of at least 4 members (excludes halogenated alkanes) is 1. The molecule has 24 nitrogen and oxygen atoms in total. The van der Waals surface area contributed by atoms with Gasteiger partial charge in [0.1, 0.15) is 12.6 Å². The molecule has 2 aliphatic rings. The minimum absolute atomic E-state index is 0.0145. The van der Waals surface area contributed by atoms with Crippen molar-refractivity contribution in [2.45, 2.75) is 77.5 Å². The van der Waals surface area contributed by atoms with E-state index < -0.39 is 18.2 Å². The lowest BCUT2D eigenvalue weighted by molar-refractivity contribution is -0.139. The Morgan fingerprint density at radius 3 is 1.85 bits per heavy atom. The largest absolute Gasteiger partial charge is 0.391 e. The Hall–Kier alpha value is -5.74. The van der Waals surface area contributed by atoms with Gasteiger partial charge in [0.2, 0.25) is 29.7 Å². The number of ether oxygens (including phenoxy) is 3. The third kappa shape index (κ3) is 15.4. The molecule has 0 aliphatic carbocycles. The van der Waals surface area contributed by atoms with E-state index in [9.17, 15) is 14.7 Å². The predicted octanol–water partition coefficient (Wildman–Crippen LogP) is -1.16. The number of nitrogens with one attached hydrogen (secondary N) is 1. The quantitative estimate of drug-likeness (QED) is 0.0248. The average molecular weight is 923 g/mol. The van der Waals surface area contributed by atoms with Gasteiger partial charge in [-0.3, -0.25) is 14.6 Å². The van der Waals surface area contributed by atoms with E-state index in [4.69, 9.17) is 52.8 Å². The van der Waals surface area contributed by atoms with Crippen molar-refractivity contribution in [3.05, 3.63) is 23.8 Å². The van der Waals surface area contributed by atoms with Crippen LogP contribution in [0.2, 0.25) is 0 Å². The second-order valence-corrected chi connectivity index (χ2v) is 16.3. The molecule has 5 rings (SSSR count). The van der Waals surface area contributed by atoms with Crippen LogP contribution in [-0.4, -0.2) is 195 Å². The number of terminal acetylenes is 1. The van der Waals surface area contributed by atoms with Crippen LogP contribution in [0.25, 0.3) is 0 Å².